The molecule has 1 heterocycles. The third-order valence-corrected chi connectivity index (χ3v) is 3.88. The molecule has 1 N–H and O–H groups in total. The Balaban J connectivity index is 2.21. The van der Waals surface area contributed by atoms with Gasteiger partial charge in [-0.2, -0.15) is 0 Å². The number of aromatic nitrogens is 1. The number of hydrogen-bond donors (Lipinski definition) is 1. The number of ether oxygens (including phenoxy) is 1. The predicted octanol–water partition coefficient (Wildman–Crippen LogP) is 2.82. The number of methoxy groups -OCH3 is 1. The van der Waals surface area contributed by atoms with Crippen LogP contribution in [-0.4, -0.2) is 23.6 Å². The van der Waals surface area contributed by atoms with Crippen molar-refractivity contribution in [3.8, 4) is 0 Å². The van der Waals surface area contributed by atoms with Gasteiger partial charge in [-0.15, -0.1) is 0 Å². The largest absolute Gasteiger partial charge is 0.469 e. The summed E-state index contributed by atoms with van der Waals surface area (Å²) in [4.78, 5) is 24.0. The first-order chi connectivity index (χ1) is 10.5. The van der Waals surface area contributed by atoms with Crippen molar-refractivity contribution in [2.45, 2.75) is 12.5 Å². The molecule has 22 heavy (non-hydrogen) atoms. The molecule has 0 aliphatic heterocycles. The van der Waals surface area contributed by atoms with Crippen LogP contribution >= 0.6 is 15.9 Å². The Morgan fingerprint density at radius 1 is 1.27 bits per heavy atom. The van der Waals surface area contributed by atoms with Gasteiger partial charge >= 0.3 is 5.97 Å². The molecule has 0 saturated carbocycles. The Labute approximate surface area is 137 Å². The maximum Gasteiger partial charge on any atom is 0.307 e. The van der Waals surface area contributed by atoms with Crippen LogP contribution in [-0.2, 0) is 16.6 Å². The van der Waals surface area contributed by atoms with E-state index in [1.54, 1.807) is 29.9 Å². The lowest BCUT2D eigenvalue weighted by molar-refractivity contribution is -0.141. The fourth-order valence-corrected chi connectivity index (χ4v) is 2.39. The highest BCUT2D eigenvalue weighted by molar-refractivity contribution is 9.10. The average molecular weight is 365 g/mol. The maximum atomic E-state index is 12.4. The van der Waals surface area contributed by atoms with Crippen LogP contribution in [0, 0.1) is 0 Å². The zero-order valence-electron chi connectivity index (χ0n) is 12.4. The van der Waals surface area contributed by atoms with E-state index in [2.05, 4.69) is 21.2 Å². The molecule has 0 bridgehead atoms. The number of benzene rings is 1. The molecule has 1 unspecified atom stereocenters. The molecule has 1 aromatic heterocycles. The summed E-state index contributed by atoms with van der Waals surface area (Å²) >= 11 is 3.37. The van der Waals surface area contributed by atoms with E-state index in [0.29, 0.717) is 5.69 Å². The standard InChI is InChI=1S/C16H17BrN2O3/c1-19-9-3-4-14(19)16(21)18-13(10-15(20)22-2)11-5-7-12(17)8-6-11/h3-9,13H,10H2,1-2H3,(H,18,21). The Hall–Kier alpha value is -2.08. The van der Waals surface area contributed by atoms with Crippen LogP contribution in [0.25, 0.3) is 0 Å². The van der Waals surface area contributed by atoms with Crippen LogP contribution in [0.3, 0.4) is 0 Å². The molecule has 0 saturated heterocycles. The van der Waals surface area contributed by atoms with Crippen LogP contribution in [0.4, 0.5) is 0 Å². The van der Waals surface area contributed by atoms with Crippen molar-refractivity contribution in [1.29, 1.82) is 0 Å². The number of rotatable bonds is 5. The number of carbonyl (C=O) groups excluding carboxylic acids is 2. The number of hydrogen-bond acceptors (Lipinski definition) is 3. The minimum absolute atomic E-state index is 0.0777. The number of nitrogens with zero attached hydrogens (tertiary/aromatic N) is 1. The minimum Gasteiger partial charge on any atom is -0.469 e. The number of nitrogens with one attached hydrogen (secondary N) is 1. The molecule has 0 spiro atoms. The second-order valence-corrected chi connectivity index (χ2v) is 5.78. The van der Waals surface area contributed by atoms with Gasteiger partial charge in [0.2, 0.25) is 0 Å². The maximum absolute atomic E-state index is 12.4. The molecular weight excluding hydrogens is 348 g/mol. The minimum atomic E-state index is -0.442. The van der Waals surface area contributed by atoms with Crippen molar-refractivity contribution < 1.29 is 14.3 Å². The highest BCUT2D eigenvalue weighted by Gasteiger charge is 2.20. The molecule has 0 fully saturated rings. The summed E-state index contributed by atoms with van der Waals surface area (Å²) in [6, 6.07) is 10.5. The first kappa shape index (κ1) is 16.3. The van der Waals surface area contributed by atoms with Gasteiger partial charge in [0.15, 0.2) is 0 Å². The van der Waals surface area contributed by atoms with Crippen LogP contribution in [0.5, 0.6) is 0 Å². The molecule has 0 radical (unpaired) electrons. The van der Waals surface area contributed by atoms with Crippen molar-refractivity contribution in [1.82, 2.24) is 9.88 Å². The van der Waals surface area contributed by atoms with Gasteiger partial charge in [0.1, 0.15) is 5.69 Å². The molecule has 0 aliphatic carbocycles. The summed E-state index contributed by atoms with van der Waals surface area (Å²) in [5.41, 5.74) is 1.38. The summed E-state index contributed by atoms with van der Waals surface area (Å²) in [7, 11) is 3.13. The molecular formula is C16H17BrN2O3. The quantitative estimate of drug-likeness (QED) is 0.829. The highest BCUT2D eigenvalue weighted by Crippen LogP contribution is 2.21. The van der Waals surface area contributed by atoms with E-state index in [9.17, 15) is 9.59 Å². The fraction of sp³-hybridized carbons (Fsp3) is 0.250. The topological polar surface area (TPSA) is 60.3 Å². The lowest BCUT2D eigenvalue weighted by Crippen LogP contribution is -2.31. The summed E-state index contributed by atoms with van der Waals surface area (Å²) in [5, 5.41) is 2.89. The van der Waals surface area contributed by atoms with Crippen LogP contribution in [0.15, 0.2) is 47.1 Å². The third kappa shape index (κ3) is 3.98. The molecule has 0 aliphatic rings. The van der Waals surface area contributed by atoms with Gasteiger partial charge in [0.05, 0.1) is 19.6 Å². The van der Waals surface area contributed by atoms with Gasteiger partial charge in [-0.1, -0.05) is 28.1 Å². The summed E-state index contributed by atoms with van der Waals surface area (Å²) in [6.45, 7) is 0. The molecule has 1 amide bonds. The van der Waals surface area contributed by atoms with E-state index in [-0.39, 0.29) is 18.3 Å². The fourth-order valence-electron chi connectivity index (χ4n) is 2.13. The van der Waals surface area contributed by atoms with E-state index in [4.69, 9.17) is 4.74 Å². The normalized spacial score (nSPS) is 11.8. The van der Waals surface area contributed by atoms with Crippen molar-refractivity contribution in [2.24, 2.45) is 7.05 Å². The molecule has 2 rings (SSSR count). The second kappa shape index (κ2) is 7.26. The zero-order chi connectivity index (χ0) is 16.1. The Morgan fingerprint density at radius 3 is 2.50 bits per heavy atom. The first-order valence-corrected chi connectivity index (χ1v) is 7.55. The molecule has 2 aromatic rings. The van der Waals surface area contributed by atoms with Crippen LogP contribution < -0.4 is 5.32 Å². The highest BCUT2D eigenvalue weighted by atomic mass is 79.9. The first-order valence-electron chi connectivity index (χ1n) is 6.75. The molecule has 6 heteroatoms. The molecule has 1 atom stereocenters. The molecule has 116 valence electrons. The van der Waals surface area contributed by atoms with Gasteiger partial charge in [0.25, 0.3) is 5.91 Å². The van der Waals surface area contributed by atoms with Crippen LogP contribution in [0.2, 0.25) is 0 Å². The van der Waals surface area contributed by atoms with Crippen molar-refractivity contribution in [3.05, 3.63) is 58.3 Å². The number of carbonyl (C=O) groups is 2. The number of amides is 1. The number of halogens is 1. The third-order valence-electron chi connectivity index (χ3n) is 3.35. The smallest absolute Gasteiger partial charge is 0.307 e. The van der Waals surface area contributed by atoms with Crippen molar-refractivity contribution in [3.63, 3.8) is 0 Å². The number of esters is 1. The molecule has 5 nitrogen and oxygen atoms in total. The molecule has 1 aromatic carbocycles. The van der Waals surface area contributed by atoms with Gasteiger partial charge < -0.3 is 14.6 Å². The Bertz CT molecular complexity index is 664. The van der Waals surface area contributed by atoms with Gasteiger partial charge in [0, 0.05) is 17.7 Å². The summed E-state index contributed by atoms with van der Waals surface area (Å²) < 4.78 is 7.38. The van der Waals surface area contributed by atoms with Crippen molar-refractivity contribution in [2.75, 3.05) is 7.11 Å². The van der Waals surface area contributed by atoms with E-state index >= 15 is 0 Å². The van der Waals surface area contributed by atoms with Crippen molar-refractivity contribution >= 4 is 27.8 Å². The van der Waals surface area contributed by atoms with E-state index in [1.165, 1.54) is 7.11 Å². The Kier molecular flexibility index (Phi) is 5.38. The lowest BCUT2D eigenvalue weighted by atomic mass is 10.0. The van der Waals surface area contributed by atoms with Gasteiger partial charge in [-0.05, 0) is 29.8 Å². The van der Waals surface area contributed by atoms with Gasteiger partial charge in [-0.3, -0.25) is 9.59 Å². The zero-order valence-corrected chi connectivity index (χ0v) is 14.0. The van der Waals surface area contributed by atoms with E-state index in [1.807, 2.05) is 24.3 Å². The Morgan fingerprint density at radius 2 is 1.95 bits per heavy atom. The monoisotopic (exact) mass is 364 g/mol. The predicted molar refractivity (Wildman–Crippen MR) is 86.4 cm³/mol. The average Bonchev–Trinajstić information content (AvgIpc) is 2.93. The second-order valence-electron chi connectivity index (χ2n) is 4.86. The summed E-state index contributed by atoms with van der Waals surface area (Å²) in [6.07, 6.45) is 1.87. The SMILES string of the molecule is COC(=O)CC(NC(=O)c1cccn1C)c1ccc(Br)cc1. The lowest BCUT2D eigenvalue weighted by Gasteiger charge is -2.18. The van der Waals surface area contributed by atoms with E-state index < -0.39 is 6.04 Å². The van der Waals surface area contributed by atoms with E-state index in [0.717, 1.165) is 10.0 Å². The summed E-state index contributed by atoms with van der Waals surface area (Å²) in [5.74, 6) is -0.607. The number of aryl methyl sites for hydroxylation is 1. The van der Waals surface area contributed by atoms with Gasteiger partial charge in [-0.25, -0.2) is 0 Å². The van der Waals surface area contributed by atoms with Crippen LogP contribution in [0.1, 0.15) is 28.5 Å².